The van der Waals surface area contributed by atoms with Crippen LogP contribution in [0, 0.1) is 0 Å². The lowest BCUT2D eigenvalue weighted by molar-refractivity contribution is -0.151. The molecule has 39 heavy (non-hydrogen) atoms. The first-order chi connectivity index (χ1) is 18.7. The largest absolute Gasteiger partial charge is 0.443 e. The van der Waals surface area contributed by atoms with Gasteiger partial charge >= 0.3 is 6.18 Å². The number of thiophene rings is 1. The lowest BCUT2D eigenvalue weighted by Crippen LogP contribution is -2.30. The number of fused-ring (bicyclic) bond motifs is 1. The maximum absolute atomic E-state index is 13.1. The highest BCUT2D eigenvalue weighted by Crippen LogP contribution is 2.30. The van der Waals surface area contributed by atoms with Gasteiger partial charge in [0.15, 0.2) is 12.2 Å². The summed E-state index contributed by atoms with van der Waals surface area (Å²) in [5.41, 5.74) is 2.12. The van der Waals surface area contributed by atoms with Gasteiger partial charge in [0.2, 0.25) is 11.9 Å². The molecule has 1 aromatic carbocycles. The van der Waals surface area contributed by atoms with Crippen LogP contribution in [-0.2, 0) is 17.8 Å². The molecule has 1 N–H and O–H groups in total. The standard InChI is InChI=1S/C26H21F3N6O3S/c1-34(23(36)13-26(27,28)29)17-5-6-19-18(12-17)32-25(35(19)11-9-16-4-2-3-10-31-16)33-24(37)22-8-7-21(39-22)20-14-30-15-38-20/h2-8,10,12,14-15H,9,11,13H2,1H3,(H,32,33,37). The van der Waals surface area contributed by atoms with Gasteiger partial charge in [0, 0.05) is 37.6 Å². The van der Waals surface area contributed by atoms with Crippen molar-refractivity contribution >= 4 is 45.8 Å². The number of amides is 2. The molecule has 0 bridgehead atoms. The van der Waals surface area contributed by atoms with Gasteiger partial charge in [-0.3, -0.25) is 19.9 Å². The number of imidazole rings is 1. The monoisotopic (exact) mass is 554 g/mol. The molecule has 0 aliphatic heterocycles. The second-order valence-corrected chi connectivity index (χ2v) is 9.64. The van der Waals surface area contributed by atoms with Gasteiger partial charge < -0.3 is 13.9 Å². The molecule has 0 aliphatic rings. The number of pyridine rings is 1. The molecule has 4 aromatic heterocycles. The second kappa shape index (κ2) is 10.7. The number of nitrogens with zero attached hydrogens (tertiary/aromatic N) is 5. The molecule has 9 nitrogen and oxygen atoms in total. The maximum atomic E-state index is 13.1. The number of aryl methyl sites for hydroxylation is 2. The van der Waals surface area contributed by atoms with E-state index < -0.39 is 24.4 Å². The van der Waals surface area contributed by atoms with Gasteiger partial charge in [-0.2, -0.15) is 13.2 Å². The molecule has 200 valence electrons. The number of benzene rings is 1. The molecule has 5 aromatic rings. The number of aromatic nitrogens is 4. The van der Waals surface area contributed by atoms with Crippen LogP contribution < -0.4 is 10.2 Å². The maximum Gasteiger partial charge on any atom is 0.397 e. The number of oxazole rings is 1. The van der Waals surface area contributed by atoms with E-state index in [4.69, 9.17) is 4.42 Å². The first-order valence-electron chi connectivity index (χ1n) is 11.7. The summed E-state index contributed by atoms with van der Waals surface area (Å²) >= 11 is 1.23. The number of hydrogen-bond acceptors (Lipinski definition) is 7. The fraction of sp³-hybridized carbons (Fsp3) is 0.192. The first kappa shape index (κ1) is 26.1. The summed E-state index contributed by atoms with van der Waals surface area (Å²) in [4.78, 5) is 40.1. The molecular formula is C26H21F3N6O3S. The van der Waals surface area contributed by atoms with Crippen molar-refractivity contribution in [1.29, 1.82) is 0 Å². The summed E-state index contributed by atoms with van der Waals surface area (Å²) < 4.78 is 45.3. The topological polar surface area (TPSA) is 106 Å². The van der Waals surface area contributed by atoms with Gasteiger partial charge in [0.05, 0.1) is 27.0 Å². The SMILES string of the molecule is CN(C(=O)CC(F)(F)F)c1ccc2c(c1)nc(NC(=O)c1ccc(-c3cnco3)s1)n2CCc1ccccn1. The third kappa shape index (κ3) is 5.98. The molecule has 0 unspecified atom stereocenters. The van der Waals surface area contributed by atoms with E-state index in [9.17, 15) is 22.8 Å². The number of carbonyl (C=O) groups excluding carboxylic acids is 2. The van der Waals surface area contributed by atoms with Crippen LogP contribution in [0.4, 0.5) is 24.8 Å². The predicted octanol–water partition coefficient (Wildman–Crippen LogP) is 5.56. The number of nitrogens with one attached hydrogen (secondary N) is 1. The van der Waals surface area contributed by atoms with Gasteiger partial charge in [0.1, 0.15) is 6.42 Å². The Hall–Kier alpha value is -4.52. The molecule has 0 fully saturated rings. The number of anilines is 2. The third-order valence-corrected chi connectivity index (χ3v) is 6.99. The van der Waals surface area contributed by atoms with E-state index >= 15 is 0 Å². The number of carbonyl (C=O) groups is 2. The number of rotatable bonds is 8. The molecule has 2 amide bonds. The molecule has 0 atom stereocenters. The Morgan fingerprint density at radius 2 is 2.00 bits per heavy atom. The van der Waals surface area contributed by atoms with Crippen LogP contribution in [0.2, 0.25) is 0 Å². The molecule has 0 spiro atoms. The fourth-order valence-electron chi connectivity index (χ4n) is 3.95. The summed E-state index contributed by atoms with van der Waals surface area (Å²) in [5.74, 6) is -0.691. The minimum absolute atomic E-state index is 0.249. The van der Waals surface area contributed by atoms with Gasteiger partial charge in [-0.1, -0.05) is 6.07 Å². The Kier molecular flexibility index (Phi) is 7.15. The molecule has 0 saturated heterocycles. The van der Waals surface area contributed by atoms with Crippen LogP contribution in [0.3, 0.4) is 0 Å². The fourth-order valence-corrected chi connectivity index (χ4v) is 4.80. The molecule has 0 aliphatic carbocycles. The molecule has 4 heterocycles. The highest BCUT2D eigenvalue weighted by molar-refractivity contribution is 7.17. The van der Waals surface area contributed by atoms with Crippen molar-refractivity contribution in [2.75, 3.05) is 17.3 Å². The Labute approximate surface area is 223 Å². The number of hydrogen-bond donors (Lipinski definition) is 1. The van der Waals surface area contributed by atoms with Crippen LogP contribution in [0.1, 0.15) is 21.8 Å². The van der Waals surface area contributed by atoms with Crippen LogP contribution in [0.5, 0.6) is 0 Å². The summed E-state index contributed by atoms with van der Waals surface area (Å²) in [6.45, 7) is 0.416. The smallest absolute Gasteiger partial charge is 0.397 e. The highest BCUT2D eigenvalue weighted by Gasteiger charge is 2.33. The summed E-state index contributed by atoms with van der Waals surface area (Å²) in [5, 5.41) is 2.84. The molecule has 0 saturated carbocycles. The highest BCUT2D eigenvalue weighted by atomic mass is 32.1. The predicted molar refractivity (Wildman–Crippen MR) is 140 cm³/mol. The number of halogens is 3. The zero-order valence-electron chi connectivity index (χ0n) is 20.5. The van der Waals surface area contributed by atoms with Gasteiger partial charge in [-0.05, 0) is 42.5 Å². The minimum atomic E-state index is -4.62. The van der Waals surface area contributed by atoms with Crippen molar-refractivity contribution in [3.05, 3.63) is 77.9 Å². The summed E-state index contributed by atoms with van der Waals surface area (Å²) in [6.07, 6.45) is -1.10. The van der Waals surface area contributed by atoms with E-state index in [1.165, 1.54) is 30.8 Å². The molecular weight excluding hydrogens is 533 g/mol. The van der Waals surface area contributed by atoms with Crippen molar-refractivity contribution in [2.45, 2.75) is 25.6 Å². The van der Waals surface area contributed by atoms with E-state index in [0.717, 1.165) is 15.5 Å². The quantitative estimate of drug-likeness (QED) is 0.269. The van der Waals surface area contributed by atoms with Gasteiger partial charge in [-0.25, -0.2) is 9.97 Å². The molecule has 0 radical (unpaired) electrons. The van der Waals surface area contributed by atoms with Crippen molar-refractivity contribution in [3.63, 3.8) is 0 Å². The van der Waals surface area contributed by atoms with Gasteiger partial charge in [0.25, 0.3) is 5.91 Å². The zero-order chi connectivity index (χ0) is 27.6. The van der Waals surface area contributed by atoms with Crippen molar-refractivity contribution in [3.8, 4) is 10.6 Å². The van der Waals surface area contributed by atoms with E-state index in [-0.39, 0.29) is 11.6 Å². The van der Waals surface area contributed by atoms with Gasteiger partial charge in [-0.15, -0.1) is 11.3 Å². The minimum Gasteiger partial charge on any atom is -0.443 e. The van der Waals surface area contributed by atoms with E-state index in [1.54, 1.807) is 41.2 Å². The Morgan fingerprint density at radius 3 is 2.72 bits per heavy atom. The number of alkyl halides is 3. The van der Waals surface area contributed by atoms with Crippen LogP contribution >= 0.6 is 11.3 Å². The van der Waals surface area contributed by atoms with E-state index in [2.05, 4.69) is 20.3 Å². The average Bonchev–Trinajstić information content (AvgIpc) is 3.66. The lowest BCUT2D eigenvalue weighted by Gasteiger charge is -2.18. The van der Waals surface area contributed by atoms with E-state index in [1.807, 2.05) is 18.2 Å². The molecule has 5 rings (SSSR count). The average molecular weight is 555 g/mol. The van der Waals surface area contributed by atoms with Crippen molar-refractivity contribution in [1.82, 2.24) is 19.5 Å². The first-order valence-corrected chi connectivity index (χ1v) is 12.5. The van der Waals surface area contributed by atoms with Crippen molar-refractivity contribution < 1.29 is 27.2 Å². The summed E-state index contributed by atoms with van der Waals surface area (Å²) in [7, 11) is 1.28. The van der Waals surface area contributed by atoms with Crippen LogP contribution in [0.15, 0.2) is 71.7 Å². The second-order valence-electron chi connectivity index (χ2n) is 8.56. The Balaban J connectivity index is 1.45. The van der Waals surface area contributed by atoms with Crippen LogP contribution in [-0.4, -0.2) is 44.6 Å². The van der Waals surface area contributed by atoms with Crippen molar-refractivity contribution in [2.24, 2.45) is 0 Å². The Bertz CT molecular complexity index is 1610. The third-order valence-electron chi connectivity index (χ3n) is 5.89. The summed E-state index contributed by atoms with van der Waals surface area (Å²) in [6, 6.07) is 13.7. The Morgan fingerprint density at radius 1 is 1.15 bits per heavy atom. The lowest BCUT2D eigenvalue weighted by atomic mass is 10.2. The molecule has 13 heteroatoms. The van der Waals surface area contributed by atoms with E-state index in [0.29, 0.717) is 34.6 Å². The zero-order valence-corrected chi connectivity index (χ0v) is 21.3. The normalized spacial score (nSPS) is 11.6. The van der Waals surface area contributed by atoms with Crippen LogP contribution in [0.25, 0.3) is 21.7 Å².